The van der Waals surface area contributed by atoms with Crippen molar-refractivity contribution in [2.75, 3.05) is 31.5 Å². The monoisotopic (exact) mass is 488 g/mol. The molecule has 0 unspecified atom stereocenters. The molecule has 0 atom stereocenters. The van der Waals surface area contributed by atoms with Crippen molar-refractivity contribution in [3.8, 4) is 11.1 Å². The highest BCUT2D eigenvalue weighted by molar-refractivity contribution is 6.36. The zero-order valence-corrected chi connectivity index (χ0v) is 20.8. The van der Waals surface area contributed by atoms with Crippen LogP contribution in [0.2, 0.25) is 5.02 Å². The van der Waals surface area contributed by atoms with Gasteiger partial charge in [-0.15, -0.1) is 0 Å². The van der Waals surface area contributed by atoms with E-state index in [0.717, 1.165) is 59.0 Å². The number of H-pyrrole nitrogens is 1. The van der Waals surface area contributed by atoms with Crippen molar-refractivity contribution in [1.29, 1.82) is 0 Å². The van der Waals surface area contributed by atoms with Gasteiger partial charge in [-0.3, -0.25) is 9.59 Å². The van der Waals surface area contributed by atoms with Gasteiger partial charge in [0.2, 0.25) is 0 Å². The Bertz CT molecular complexity index is 1320. The smallest absolute Gasteiger partial charge is 0.256 e. The second-order valence-corrected chi connectivity index (χ2v) is 9.65. The van der Waals surface area contributed by atoms with Crippen molar-refractivity contribution in [2.45, 2.75) is 26.7 Å². The molecule has 180 valence electrons. The fourth-order valence-electron chi connectivity index (χ4n) is 5.08. The van der Waals surface area contributed by atoms with Gasteiger partial charge >= 0.3 is 0 Å². The maximum absolute atomic E-state index is 13.0. The van der Waals surface area contributed by atoms with Crippen molar-refractivity contribution in [1.82, 2.24) is 15.2 Å². The lowest BCUT2D eigenvalue weighted by Crippen LogP contribution is -2.33. The molecule has 1 fully saturated rings. The maximum Gasteiger partial charge on any atom is 0.256 e. The molecule has 1 aromatic heterocycles. The number of likely N-dealkylation sites (tertiary alicyclic amines) is 1. The summed E-state index contributed by atoms with van der Waals surface area (Å²) in [5, 5.41) is 6.70. The fraction of sp³-hybridized carbons (Fsp3) is 0.286. The van der Waals surface area contributed by atoms with Crippen LogP contribution in [0.25, 0.3) is 22.8 Å². The molecule has 3 heterocycles. The molecule has 2 aliphatic heterocycles. The summed E-state index contributed by atoms with van der Waals surface area (Å²) in [6.45, 7) is 7.53. The maximum atomic E-state index is 13.0. The first kappa shape index (κ1) is 23.4. The first-order valence-corrected chi connectivity index (χ1v) is 12.4. The van der Waals surface area contributed by atoms with Crippen molar-refractivity contribution in [3.63, 3.8) is 0 Å². The number of hydrogen-bond acceptors (Lipinski definition) is 3. The minimum Gasteiger partial charge on any atom is -0.358 e. The zero-order valence-electron chi connectivity index (χ0n) is 20.0. The Morgan fingerprint density at radius 1 is 1.11 bits per heavy atom. The third kappa shape index (κ3) is 4.64. The summed E-state index contributed by atoms with van der Waals surface area (Å²) in [7, 11) is 0. The number of aromatic nitrogens is 1. The van der Waals surface area contributed by atoms with Crippen LogP contribution in [0.15, 0.2) is 42.5 Å². The summed E-state index contributed by atoms with van der Waals surface area (Å²) < 4.78 is 0. The number of fused-ring (bicyclic) bond motifs is 1. The Kier molecular flexibility index (Phi) is 6.50. The molecule has 0 aliphatic carbocycles. The molecular weight excluding hydrogens is 460 g/mol. The number of nitrogens with one attached hydrogen (secondary N) is 3. The van der Waals surface area contributed by atoms with Crippen LogP contribution in [-0.4, -0.2) is 47.9 Å². The number of hydrogen-bond donors (Lipinski definition) is 3. The largest absolute Gasteiger partial charge is 0.358 e. The van der Waals surface area contributed by atoms with Gasteiger partial charge in [0.15, 0.2) is 0 Å². The van der Waals surface area contributed by atoms with E-state index in [0.29, 0.717) is 22.7 Å². The van der Waals surface area contributed by atoms with Crippen LogP contribution in [-0.2, 0) is 4.79 Å². The molecule has 5 rings (SSSR count). The highest BCUT2D eigenvalue weighted by atomic mass is 35.5. The molecule has 6 nitrogen and oxygen atoms in total. The molecular formula is C28H29ClN4O2. The van der Waals surface area contributed by atoms with Crippen molar-refractivity contribution in [2.24, 2.45) is 0 Å². The molecule has 0 spiro atoms. The van der Waals surface area contributed by atoms with Crippen LogP contribution in [0.4, 0.5) is 5.69 Å². The highest BCUT2D eigenvalue weighted by Crippen LogP contribution is 2.41. The van der Waals surface area contributed by atoms with E-state index in [9.17, 15) is 9.59 Å². The number of rotatable bonds is 6. The van der Waals surface area contributed by atoms with Gasteiger partial charge < -0.3 is 20.5 Å². The molecule has 35 heavy (non-hydrogen) atoms. The summed E-state index contributed by atoms with van der Waals surface area (Å²) in [6.07, 6.45) is 4.32. The van der Waals surface area contributed by atoms with Crippen molar-refractivity contribution < 1.29 is 9.59 Å². The number of nitrogens with zero attached hydrogens (tertiary/aromatic N) is 1. The molecule has 7 heteroatoms. The van der Waals surface area contributed by atoms with Gasteiger partial charge in [0.25, 0.3) is 11.8 Å². The zero-order chi connectivity index (χ0) is 24.5. The van der Waals surface area contributed by atoms with Crippen LogP contribution < -0.4 is 10.6 Å². The number of carbonyl (C=O) groups excluding carboxylic acids is 2. The Morgan fingerprint density at radius 2 is 1.86 bits per heavy atom. The number of anilines is 1. The number of halogens is 1. The van der Waals surface area contributed by atoms with Crippen molar-refractivity contribution >= 4 is 40.8 Å². The van der Waals surface area contributed by atoms with E-state index in [4.69, 9.17) is 11.6 Å². The molecule has 0 radical (unpaired) electrons. The van der Waals surface area contributed by atoms with Crippen LogP contribution >= 0.6 is 11.6 Å². The third-order valence-electron chi connectivity index (χ3n) is 6.89. The fourth-order valence-corrected chi connectivity index (χ4v) is 5.21. The normalized spacial score (nSPS) is 16.5. The predicted molar refractivity (Wildman–Crippen MR) is 142 cm³/mol. The van der Waals surface area contributed by atoms with E-state index in [1.807, 2.05) is 62.4 Å². The average Bonchev–Trinajstić information content (AvgIpc) is 3.53. The minimum atomic E-state index is -0.162. The summed E-state index contributed by atoms with van der Waals surface area (Å²) in [5.41, 5.74) is 7.14. The summed E-state index contributed by atoms with van der Waals surface area (Å²) in [6, 6.07) is 13.4. The van der Waals surface area contributed by atoms with Gasteiger partial charge in [-0.25, -0.2) is 0 Å². The van der Waals surface area contributed by atoms with Gasteiger partial charge in [-0.2, -0.15) is 0 Å². The SMILES string of the molecule is Cc1[nH]c(/C=C2\C(=O)Nc3cccc(-c4ccc(Cl)cc4)c32)c(C)c1C(=O)NCCN1CCCC1. The number of aryl methyl sites for hydroxylation is 1. The van der Waals surface area contributed by atoms with E-state index < -0.39 is 0 Å². The lowest BCUT2D eigenvalue weighted by molar-refractivity contribution is -0.110. The first-order valence-electron chi connectivity index (χ1n) is 12.0. The molecule has 0 saturated carbocycles. The van der Waals surface area contributed by atoms with Gasteiger partial charge in [0.1, 0.15) is 0 Å². The second kappa shape index (κ2) is 9.72. The minimum absolute atomic E-state index is 0.0850. The van der Waals surface area contributed by atoms with E-state index in [1.54, 1.807) is 0 Å². The molecule has 3 N–H and O–H groups in total. The lowest BCUT2D eigenvalue weighted by Gasteiger charge is -2.14. The van der Waals surface area contributed by atoms with Crippen LogP contribution in [0.1, 0.15) is 45.7 Å². The van der Waals surface area contributed by atoms with E-state index in [1.165, 1.54) is 12.8 Å². The lowest BCUT2D eigenvalue weighted by atomic mass is 9.94. The van der Waals surface area contributed by atoms with Gasteiger partial charge in [0.05, 0.1) is 11.1 Å². The number of benzene rings is 2. The molecule has 3 aromatic rings. The number of carbonyl (C=O) groups is 2. The summed E-state index contributed by atoms with van der Waals surface area (Å²) in [4.78, 5) is 31.7. The Morgan fingerprint density at radius 3 is 2.60 bits per heavy atom. The van der Waals surface area contributed by atoms with Gasteiger partial charge in [-0.1, -0.05) is 35.9 Å². The summed E-state index contributed by atoms with van der Waals surface area (Å²) in [5.74, 6) is -0.247. The van der Waals surface area contributed by atoms with E-state index in [-0.39, 0.29) is 11.8 Å². The Hall–Kier alpha value is -3.35. The number of amides is 2. The average molecular weight is 489 g/mol. The van der Waals surface area contributed by atoms with Gasteiger partial charge in [0, 0.05) is 40.8 Å². The predicted octanol–water partition coefficient (Wildman–Crippen LogP) is 5.27. The standard InChI is InChI=1S/C28H29ClN4O2/c1-17-24(31-18(2)25(17)28(35)30-12-15-33-13-3-4-14-33)16-22-26-21(19-8-10-20(29)11-9-19)6-5-7-23(26)32-27(22)34/h5-11,16,31H,3-4,12-15H2,1-2H3,(H,30,35)(H,32,34)/b22-16-. The molecule has 2 aliphatic rings. The molecule has 2 aromatic carbocycles. The highest BCUT2D eigenvalue weighted by Gasteiger charge is 2.28. The van der Waals surface area contributed by atoms with Crippen LogP contribution in [0.3, 0.4) is 0 Å². The topological polar surface area (TPSA) is 77.2 Å². The second-order valence-electron chi connectivity index (χ2n) is 9.22. The molecule has 2 amide bonds. The Labute approximate surface area is 210 Å². The van der Waals surface area contributed by atoms with Crippen molar-refractivity contribution in [3.05, 3.63) is 75.6 Å². The first-order chi connectivity index (χ1) is 16.9. The molecule has 1 saturated heterocycles. The van der Waals surface area contributed by atoms with Crippen LogP contribution in [0.5, 0.6) is 0 Å². The molecule has 0 bridgehead atoms. The van der Waals surface area contributed by atoms with E-state index >= 15 is 0 Å². The number of aromatic amines is 1. The third-order valence-corrected chi connectivity index (χ3v) is 7.14. The quantitative estimate of drug-likeness (QED) is 0.414. The summed E-state index contributed by atoms with van der Waals surface area (Å²) >= 11 is 6.08. The Balaban J connectivity index is 1.44. The van der Waals surface area contributed by atoms with Crippen LogP contribution in [0, 0.1) is 13.8 Å². The van der Waals surface area contributed by atoms with E-state index in [2.05, 4.69) is 20.5 Å². The van der Waals surface area contributed by atoms with Gasteiger partial charge in [-0.05, 0) is 80.7 Å².